The van der Waals surface area contributed by atoms with Crippen LogP contribution >= 0.6 is 11.6 Å². The summed E-state index contributed by atoms with van der Waals surface area (Å²) in [5, 5.41) is 0. The average Bonchev–Trinajstić information content (AvgIpc) is 3.09. The minimum absolute atomic E-state index is 0.207. The highest BCUT2D eigenvalue weighted by Gasteiger charge is 2.31. The number of carbonyl (C=O) groups excluding carboxylic acids is 1. The van der Waals surface area contributed by atoms with Gasteiger partial charge in [0.1, 0.15) is 0 Å². The van der Waals surface area contributed by atoms with E-state index in [2.05, 4.69) is 6.07 Å². The topological polar surface area (TPSA) is 20.3 Å². The van der Waals surface area contributed by atoms with Gasteiger partial charge in [0, 0.05) is 18.5 Å². The van der Waals surface area contributed by atoms with Crippen molar-refractivity contribution in [3.05, 3.63) is 35.4 Å². The van der Waals surface area contributed by atoms with E-state index in [1.807, 2.05) is 30.0 Å². The van der Waals surface area contributed by atoms with E-state index in [4.69, 9.17) is 11.6 Å². The van der Waals surface area contributed by atoms with E-state index in [0.29, 0.717) is 24.9 Å². The van der Waals surface area contributed by atoms with Crippen molar-refractivity contribution in [3.8, 4) is 0 Å². The van der Waals surface area contributed by atoms with Crippen molar-refractivity contribution >= 4 is 17.5 Å². The summed E-state index contributed by atoms with van der Waals surface area (Å²) < 4.78 is 0. The van der Waals surface area contributed by atoms with Crippen molar-refractivity contribution in [3.63, 3.8) is 0 Å². The van der Waals surface area contributed by atoms with Gasteiger partial charge in [-0.1, -0.05) is 29.8 Å². The van der Waals surface area contributed by atoms with Crippen molar-refractivity contribution in [2.45, 2.75) is 32.2 Å². The number of hydrogen-bond acceptors (Lipinski definition) is 1. The largest absolute Gasteiger partial charge is 0.338 e. The molecule has 3 heteroatoms. The first-order chi connectivity index (χ1) is 8.20. The van der Waals surface area contributed by atoms with Gasteiger partial charge in [0.05, 0.1) is 6.42 Å². The van der Waals surface area contributed by atoms with Gasteiger partial charge >= 0.3 is 0 Å². The molecule has 0 aromatic heterocycles. The Morgan fingerprint density at radius 2 is 2.24 bits per heavy atom. The number of alkyl halides is 1. The fraction of sp³-hybridized carbons (Fsp3) is 0.500. The lowest BCUT2D eigenvalue weighted by Gasteiger charge is -2.21. The Bertz CT molecular complexity index is 401. The zero-order chi connectivity index (χ0) is 12.3. The monoisotopic (exact) mass is 251 g/mol. The van der Waals surface area contributed by atoms with E-state index in [1.165, 1.54) is 5.56 Å². The number of carbonyl (C=O) groups is 1. The third-order valence-electron chi connectivity index (χ3n) is 3.07. The van der Waals surface area contributed by atoms with E-state index >= 15 is 0 Å². The molecular formula is C14H18ClNO. The Balaban J connectivity index is 1.99. The fourth-order valence-corrected chi connectivity index (χ4v) is 2.27. The van der Waals surface area contributed by atoms with E-state index in [9.17, 15) is 4.79 Å². The quantitative estimate of drug-likeness (QED) is 0.737. The Kier molecular flexibility index (Phi) is 4.06. The predicted octanol–water partition coefficient (Wildman–Crippen LogP) is 2.77. The molecule has 92 valence electrons. The van der Waals surface area contributed by atoms with Gasteiger partial charge in [0.2, 0.25) is 5.91 Å². The number of nitrogens with zero attached hydrogens (tertiary/aromatic N) is 1. The van der Waals surface area contributed by atoms with Crippen LogP contribution in [0, 0.1) is 6.92 Å². The molecule has 0 N–H and O–H groups in total. The summed E-state index contributed by atoms with van der Waals surface area (Å²) in [5.74, 6) is 0.731. The van der Waals surface area contributed by atoms with E-state index in [-0.39, 0.29) is 5.91 Å². The first kappa shape index (κ1) is 12.4. The fourth-order valence-electron chi connectivity index (χ4n) is 2.09. The molecule has 0 aliphatic heterocycles. The average molecular weight is 252 g/mol. The zero-order valence-corrected chi connectivity index (χ0v) is 10.9. The van der Waals surface area contributed by atoms with Gasteiger partial charge in [-0.25, -0.2) is 0 Å². The van der Waals surface area contributed by atoms with Crippen molar-refractivity contribution in [1.82, 2.24) is 4.90 Å². The van der Waals surface area contributed by atoms with Crippen LogP contribution < -0.4 is 0 Å². The molecule has 17 heavy (non-hydrogen) atoms. The summed E-state index contributed by atoms with van der Waals surface area (Å²) in [6.07, 6.45) is 2.77. The van der Waals surface area contributed by atoms with Crippen LogP contribution in [0.5, 0.6) is 0 Å². The van der Waals surface area contributed by atoms with E-state index in [0.717, 1.165) is 18.4 Å². The van der Waals surface area contributed by atoms with Gasteiger partial charge < -0.3 is 4.90 Å². The number of hydrogen-bond donors (Lipinski definition) is 0. The Morgan fingerprint density at radius 3 is 2.82 bits per heavy atom. The summed E-state index contributed by atoms with van der Waals surface area (Å²) in [4.78, 5) is 14.1. The summed E-state index contributed by atoms with van der Waals surface area (Å²) in [5.41, 5.74) is 2.29. The lowest BCUT2D eigenvalue weighted by atomic mass is 10.1. The maximum atomic E-state index is 12.2. The first-order valence-electron chi connectivity index (χ1n) is 6.11. The van der Waals surface area contributed by atoms with Gasteiger partial charge in [-0.2, -0.15) is 0 Å². The highest BCUT2D eigenvalue weighted by atomic mass is 35.5. The van der Waals surface area contributed by atoms with E-state index < -0.39 is 0 Å². The number of benzene rings is 1. The van der Waals surface area contributed by atoms with E-state index in [1.54, 1.807) is 0 Å². The maximum absolute atomic E-state index is 12.2. The summed E-state index contributed by atoms with van der Waals surface area (Å²) >= 11 is 5.75. The lowest BCUT2D eigenvalue weighted by molar-refractivity contribution is -0.130. The van der Waals surface area contributed by atoms with Crippen LogP contribution in [0.4, 0.5) is 0 Å². The molecule has 1 aromatic rings. The lowest BCUT2D eigenvalue weighted by Crippen LogP contribution is -2.35. The summed E-state index contributed by atoms with van der Waals surface area (Å²) in [6.45, 7) is 2.72. The van der Waals surface area contributed by atoms with Gasteiger partial charge in [-0.15, -0.1) is 11.6 Å². The molecule has 0 heterocycles. The number of rotatable bonds is 5. The second-order valence-electron chi connectivity index (χ2n) is 4.67. The second-order valence-corrected chi connectivity index (χ2v) is 5.05. The van der Waals surface area contributed by atoms with Crippen LogP contribution in [0.2, 0.25) is 0 Å². The highest BCUT2D eigenvalue weighted by Crippen LogP contribution is 2.27. The molecule has 0 saturated heterocycles. The van der Waals surface area contributed by atoms with Gasteiger partial charge in [0.25, 0.3) is 0 Å². The van der Waals surface area contributed by atoms with Crippen molar-refractivity contribution in [1.29, 1.82) is 0 Å². The zero-order valence-electron chi connectivity index (χ0n) is 10.2. The van der Waals surface area contributed by atoms with Crippen LogP contribution in [0.1, 0.15) is 24.0 Å². The SMILES string of the molecule is Cc1cccc(CC(=O)N(CCCl)C2CC2)c1. The molecule has 1 fully saturated rings. The molecule has 0 radical (unpaired) electrons. The molecule has 2 rings (SSSR count). The number of amides is 1. The molecule has 1 saturated carbocycles. The minimum Gasteiger partial charge on any atom is -0.338 e. The Labute approximate surface area is 108 Å². The predicted molar refractivity (Wildman–Crippen MR) is 70.3 cm³/mol. The molecule has 0 unspecified atom stereocenters. The van der Waals surface area contributed by atoms with Crippen molar-refractivity contribution in [2.24, 2.45) is 0 Å². The molecule has 1 aliphatic carbocycles. The highest BCUT2D eigenvalue weighted by molar-refractivity contribution is 6.18. The van der Waals surface area contributed by atoms with Crippen molar-refractivity contribution in [2.75, 3.05) is 12.4 Å². The maximum Gasteiger partial charge on any atom is 0.227 e. The van der Waals surface area contributed by atoms with Crippen molar-refractivity contribution < 1.29 is 4.79 Å². The van der Waals surface area contributed by atoms with Gasteiger partial charge in [-0.05, 0) is 25.3 Å². The Hall–Kier alpha value is -1.02. The molecule has 1 amide bonds. The third-order valence-corrected chi connectivity index (χ3v) is 3.24. The van der Waals surface area contributed by atoms with Crippen LogP contribution in [-0.2, 0) is 11.2 Å². The molecule has 0 spiro atoms. The molecular weight excluding hydrogens is 234 g/mol. The van der Waals surface area contributed by atoms with Crippen LogP contribution in [0.15, 0.2) is 24.3 Å². The smallest absolute Gasteiger partial charge is 0.227 e. The summed E-state index contributed by atoms with van der Waals surface area (Å²) in [7, 11) is 0. The van der Waals surface area contributed by atoms with Crippen LogP contribution in [-0.4, -0.2) is 29.3 Å². The molecule has 2 nitrogen and oxygen atoms in total. The molecule has 1 aromatic carbocycles. The molecule has 0 atom stereocenters. The van der Waals surface area contributed by atoms with Gasteiger partial charge in [-0.3, -0.25) is 4.79 Å². The number of halogens is 1. The van der Waals surface area contributed by atoms with Gasteiger partial charge in [0.15, 0.2) is 0 Å². The summed E-state index contributed by atoms with van der Waals surface area (Å²) in [6, 6.07) is 8.58. The standard InChI is InChI=1S/C14H18ClNO/c1-11-3-2-4-12(9-11)10-14(17)16(8-7-15)13-5-6-13/h2-4,9,13H,5-8,10H2,1H3. The first-order valence-corrected chi connectivity index (χ1v) is 6.65. The molecule has 0 bridgehead atoms. The second kappa shape index (κ2) is 5.54. The molecule has 1 aliphatic rings. The minimum atomic E-state index is 0.207. The van der Waals surface area contributed by atoms with Crippen LogP contribution in [0.25, 0.3) is 0 Å². The van der Waals surface area contributed by atoms with Crippen LogP contribution in [0.3, 0.4) is 0 Å². The normalized spacial score (nSPS) is 14.7. The third kappa shape index (κ3) is 3.47. The number of aryl methyl sites for hydroxylation is 1. The Morgan fingerprint density at radius 1 is 1.47 bits per heavy atom.